The Morgan fingerprint density at radius 1 is 0.807 bits per heavy atom. The van der Waals surface area contributed by atoms with Crippen molar-refractivity contribution in [1.82, 2.24) is 14.7 Å². The smallest absolute Gasteiger partial charge is 0.410 e. The first-order valence-corrected chi connectivity index (χ1v) is 19.1. The van der Waals surface area contributed by atoms with Crippen molar-refractivity contribution < 1.29 is 38.1 Å². The fourth-order valence-electron chi connectivity index (χ4n) is 7.92. The molecule has 4 aliphatic rings. The highest BCUT2D eigenvalue weighted by Crippen LogP contribution is 2.40. The van der Waals surface area contributed by atoms with Crippen molar-refractivity contribution in [2.45, 2.75) is 38.0 Å². The molecule has 0 aliphatic carbocycles. The molecule has 4 aromatic carbocycles. The third kappa shape index (κ3) is 7.57. The number of nitrogens with zero attached hydrogens (tertiary/aromatic N) is 4. The highest BCUT2D eigenvalue weighted by molar-refractivity contribution is 6.04. The van der Waals surface area contributed by atoms with E-state index in [2.05, 4.69) is 36.2 Å². The van der Waals surface area contributed by atoms with Crippen LogP contribution in [0.3, 0.4) is 0 Å². The van der Waals surface area contributed by atoms with Crippen LogP contribution in [0.4, 0.5) is 16.2 Å². The van der Waals surface area contributed by atoms with E-state index >= 15 is 0 Å². The molecular weight excluding hydrogens is 727 g/mol. The number of benzene rings is 4. The summed E-state index contributed by atoms with van der Waals surface area (Å²) in [5.74, 6) is 1.40. The van der Waals surface area contributed by atoms with Crippen LogP contribution in [0.5, 0.6) is 23.0 Å². The number of fused-ring (bicyclic) bond motifs is 6. The standard InChI is InChI=1S/C44H45N5O8/c1-4-15-57-44(52)47(13-16-55-40-22-36-34(20-38(40)53-2)42(50)48-26-30-11-7-5-9-28(30)18-32(48)24-45-36)14-17-56-41-23-37-35(21-39(41)54-3)43(51)49-27-31-12-8-6-10-29(31)19-33(49)25-46-37/h4-12,20-24,32-33,46H,1,13-19,25-27H2,2-3H3/t32-,33-/m0/s1. The van der Waals surface area contributed by atoms with E-state index in [-0.39, 0.29) is 56.8 Å². The van der Waals surface area contributed by atoms with Crippen molar-refractivity contribution in [2.75, 3.05) is 59.0 Å². The molecule has 2 atom stereocenters. The molecule has 0 spiro atoms. The van der Waals surface area contributed by atoms with Crippen LogP contribution < -0.4 is 24.3 Å². The average molecular weight is 772 g/mol. The van der Waals surface area contributed by atoms with Gasteiger partial charge in [0.25, 0.3) is 11.8 Å². The summed E-state index contributed by atoms with van der Waals surface area (Å²) in [5, 5.41) is 3.46. The summed E-state index contributed by atoms with van der Waals surface area (Å²) in [6, 6.07) is 23.1. The Labute approximate surface area is 331 Å². The maximum atomic E-state index is 13.8. The highest BCUT2D eigenvalue weighted by Gasteiger charge is 2.36. The molecule has 294 valence electrons. The predicted molar refractivity (Wildman–Crippen MR) is 214 cm³/mol. The summed E-state index contributed by atoms with van der Waals surface area (Å²) >= 11 is 0. The van der Waals surface area contributed by atoms with E-state index in [4.69, 9.17) is 28.7 Å². The van der Waals surface area contributed by atoms with E-state index in [1.165, 1.54) is 36.3 Å². The van der Waals surface area contributed by atoms with Crippen LogP contribution in [0.2, 0.25) is 0 Å². The minimum absolute atomic E-state index is 0.00860. The third-order valence-electron chi connectivity index (χ3n) is 10.9. The molecule has 1 N–H and O–H groups in total. The molecule has 8 rings (SSSR count). The first kappa shape index (κ1) is 37.4. The molecule has 4 heterocycles. The summed E-state index contributed by atoms with van der Waals surface area (Å²) in [4.78, 5) is 50.8. The van der Waals surface area contributed by atoms with E-state index in [1.807, 2.05) is 40.3 Å². The number of carbonyl (C=O) groups is 3. The number of carbonyl (C=O) groups excluding carboxylic acids is 3. The minimum atomic E-state index is -0.567. The van der Waals surface area contributed by atoms with Gasteiger partial charge >= 0.3 is 6.09 Å². The molecule has 4 aliphatic heterocycles. The van der Waals surface area contributed by atoms with E-state index in [1.54, 1.807) is 24.3 Å². The summed E-state index contributed by atoms with van der Waals surface area (Å²) in [7, 11) is 3.04. The van der Waals surface area contributed by atoms with Crippen LogP contribution in [0.15, 0.2) is 90.4 Å². The zero-order valence-electron chi connectivity index (χ0n) is 32.1. The van der Waals surface area contributed by atoms with E-state index in [0.717, 1.165) is 17.5 Å². The number of aliphatic imine (C=N–C) groups is 1. The van der Waals surface area contributed by atoms with Crippen molar-refractivity contribution in [3.8, 4) is 23.0 Å². The van der Waals surface area contributed by atoms with Crippen LogP contribution in [0.25, 0.3) is 0 Å². The monoisotopic (exact) mass is 771 g/mol. The van der Waals surface area contributed by atoms with Crippen LogP contribution in [0, 0.1) is 0 Å². The quantitative estimate of drug-likeness (QED) is 0.171. The molecule has 0 bridgehead atoms. The van der Waals surface area contributed by atoms with Crippen molar-refractivity contribution in [2.24, 2.45) is 4.99 Å². The molecular formula is C44H45N5O8. The van der Waals surface area contributed by atoms with Gasteiger partial charge in [0, 0.05) is 38.0 Å². The first-order valence-electron chi connectivity index (χ1n) is 19.1. The number of nitrogens with one attached hydrogen (secondary N) is 1. The van der Waals surface area contributed by atoms with E-state index in [0.29, 0.717) is 71.6 Å². The molecule has 13 heteroatoms. The van der Waals surface area contributed by atoms with Gasteiger partial charge < -0.3 is 43.7 Å². The van der Waals surface area contributed by atoms with Gasteiger partial charge in [-0.15, -0.1) is 0 Å². The van der Waals surface area contributed by atoms with Gasteiger partial charge in [0.05, 0.1) is 61.9 Å². The zero-order chi connectivity index (χ0) is 39.5. The number of anilines is 1. The molecule has 0 radical (unpaired) electrons. The molecule has 0 aromatic heterocycles. The largest absolute Gasteiger partial charge is 0.493 e. The number of amides is 3. The molecule has 0 unspecified atom stereocenters. The van der Waals surface area contributed by atoms with Crippen LogP contribution in [0.1, 0.15) is 43.0 Å². The molecule has 4 aromatic rings. The minimum Gasteiger partial charge on any atom is -0.493 e. The molecule has 13 nitrogen and oxygen atoms in total. The number of hydrogen-bond donors (Lipinski definition) is 1. The van der Waals surface area contributed by atoms with Crippen molar-refractivity contribution in [1.29, 1.82) is 0 Å². The zero-order valence-corrected chi connectivity index (χ0v) is 32.1. The SMILES string of the molecule is C=CCOC(=O)N(CCOc1cc2c(cc1OC)C(=O)N1Cc3ccccc3C[C@H]1C=N2)CCOc1cc2c(cc1OC)C(=O)N1Cc3ccccc3C[C@H]1CN2. The lowest BCUT2D eigenvalue weighted by molar-refractivity contribution is 0.0658. The van der Waals surface area contributed by atoms with Crippen LogP contribution in [-0.2, 0) is 30.7 Å². The van der Waals surface area contributed by atoms with Gasteiger partial charge in [0.15, 0.2) is 23.0 Å². The van der Waals surface area contributed by atoms with Crippen LogP contribution >= 0.6 is 0 Å². The lowest BCUT2D eigenvalue weighted by Crippen LogP contribution is -2.45. The maximum absolute atomic E-state index is 13.8. The lowest BCUT2D eigenvalue weighted by atomic mass is 9.94. The molecule has 3 amide bonds. The highest BCUT2D eigenvalue weighted by atomic mass is 16.6. The number of hydrogen-bond acceptors (Lipinski definition) is 10. The summed E-state index contributed by atoms with van der Waals surface area (Å²) < 4.78 is 29.1. The van der Waals surface area contributed by atoms with Gasteiger partial charge in [-0.1, -0.05) is 61.2 Å². The number of rotatable bonds is 12. The fourth-order valence-corrected chi connectivity index (χ4v) is 7.92. The normalized spacial score (nSPS) is 17.5. The van der Waals surface area contributed by atoms with Crippen molar-refractivity contribution >= 4 is 35.5 Å². The average Bonchev–Trinajstić information content (AvgIpc) is 3.45. The second-order valence-electron chi connectivity index (χ2n) is 14.3. The Morgan fingerprint density at radius 2 is 1.40 bits per heavy atom. The summed E-state index contributed by atoms with van der Waals surface area (Å²) in [6.45, 7) is 5.79. The molecule has 0 saturated heterocycles. The molecule has 0 fully saturated rings. The summed E-state index contributed by atoms with van der Waals surface area (Å²) in [5.41, 5.74) is 6.83. The van der Waals surface area contributed by atoms with Crippen molar-refractivity contribution in [3.63, 3.8) is 0 Å². The predicted octanol–water partition coefficient (Wildman–Crippen LogP) is 6.06. The number of methoxy groups -OCH3 is 2. The Hall–Kier alpha value is -6.50. The maximum Gasteiger partial charge on any atom is 0.410 e. The molecule has 57 heavy (non-hydrogen) atoms. The fraction of sp³-hybridized carbons (Fsp3) is 0.318. The van der Waals surface area contributed by atoms with E-state index in [9.17, 15) is 14.4 Å². The number of ether oxygens (including phenoxy) is 5. The van der Waals surface area contributed by atoms with E-state index < -0.39 is 6.09 Å². The third-order valence-corrected chi connectivity index (χ3v) is 10.9. The van der Waals surface area contributed by atoms with Gasteiger partial charge in [0.2, 0.25) is 0 Å². The Balaban J connectivity index is 0.934. The Kier molecular flexibility index (Phi) is 10.7. The van der Waals surface area contributed by atoms with Gasteiger partial charge in [-0.05, 0) is 47.2 Å². The van der Waals surface area contributed by atoms with Gasteiger partial charge in [-0.25, -0.2) is 4.79 Å². The Bertz CT molecular complexity index is 2240. The molecule has 0 saturated carbocycles. The van der Waals surface area contributed by atoms with Gasteiger partial charge in [-0.2, -0.15) is 0 Å². The van der Waals surface area contributed by atoms with Crippen molar-refractivity contribution in [3.05, 3.63) is 119 Å². The lowest BCUT2D eigenvalue weighted by Gasteiger charge is -2.35. The second-order valence-corrected chi connectivity index (χ2v) is 14.3. The summed E-state index contributed by atoms with van der Waals surface area (Å²) in [6.07, 6.45) is 4.21. The Morgan fingerprint density at radius 3 is 2.07 bits per heavy atom. The van der Waals surface area contributed by atoms with Gasteiger partial charge in [0.1, 0.15) is 19.8 Å². The topological polar surface area (TPSA) is 131 Å². The van der Waals surface area contributed by atoms with Gasteiger partial charge in [-0.3, -0.25) is 14.6 Å². The first-order chi connectivity index (χ1) is 27.8. The second kappa shape index (κ2) is 16.3. The van der Waals surface area contributed by atoms with Crippen LogP contribution in [-0.4, -0.2) is 105 Å².